The third-order valence-corrected chi connectivity index (χ3v) is 7.27. The second-order valence-electron chi connectivity index (χ2n) is 9.87. The Bertz CT molecular complexity index is 1500. The summed E-state index contributed by atoms with van der Waals surface area (Å²) in [4.78, 5) is 30.4. The van der Waals surface area contributed by atoms with Crippen LogP contribution in [0.2, 0.25) is 5.02 Å². The highest BCUT2D eigenvalue weighted by atomic mass is 35.5. The number of hydrogen-bond acceptors (Lipinski definition) is 10. The fourth-order valence-corrected chi connectivity index (χ4v) is 4.97. The monoisotopic (exact) mass is 591 g/mol. The molecular formula is C30H34ClN7O4. The van der Waals surface area contributed by atoms with Crippen LogP contribution in [0.15, 0.2) is 61.1 Å². The fourth-order valence-electron chi connectivity index (χ4n) is 4.78. The number of piperazine rings is 1. The quantitative estimate of drug-likeness (QED) is 0.208. The number of β-amino-alcohol motifs (C(OH)–C–C–N with tert-alkyl or cyclic N) is 1. The van der Waals surface area contributed by atoms with Gasteiger partial charge in [0, 0.05) is 61.3 Å². The summed E-state index contributed by atoms with van der Waals surface area (Å²) in [5, 5.41) is 16.4. The van der Waals surface area contributed by atoms with Gasteiger partial charge >= 0.3 is 0 Å². The Morgan fingerprint density at radius 1 is 1.00 bits per heavy atom. The van der Waals surface area contributed by atoms with Crippen molar-refractivity contribution in [2.45, 2.75) is 6.42 Å². The second kappa shape index (κ2) is 14.2. The Kier molecular flexibility index (Phi) is 9.98. The van der Waals surface area contributed by atoms with Gasteiger partial charge in [0.1, 0.15) is 18.0 Å². The van der Waals surface area contributed by atoms with Gasteiger partial charge in [-0.1, -0.05) is 17.7 Å². The van der Waals surface area contributed by atoms with E-state index in [9.17, 15) is 4.79 Å². The van der Waals surface area contributed by atoms with Crippen molar-refractivity contribution in [1.29, 1.82) is 0 Å². The standard InChI is InChI=1S/C30H34ClN7O4/c1-41-26-17-24-25(18-27(26)42-15-3-8-37-9-11-38(12-10-37)13-14-39)33-20-34-29(24)35-23-6-7-28(32-19-23)36-30(40)21-4-2-5-22(31)16-21/h2,4-7,16-20,39H,3,8-15H2,1H3,(H,32,36,40)(H,33,34,35). The number of nitrogens with zero attached hydrogens (tertiary/aromatic N) is 5. The number of aliphatic hydroxyl groups excluding tert-OH is 1. The van der Waals surface area contributed by atoms with Gasteiger partial charge in [-0.05, 0) is 42.8 Å². The number of aromatic nitrogens is 3. The SMILES string of the molecule is COc1cc2c(Nc3ccc(NC(=O)c4cccc(Cl)c4)nc3)ncnc2cc1OCCCN1CCN(CCO)CC1. The summed E-state index contributed by atoms with van der Waals surface area (Å²) < 4.78 is 11.7. The second-order valence-corrected chi connectivity index (χ2v) is 10.3. The average molecular weight is 592 g/mol. The first-order chi connectivity index (χ1) is 20.5. The number of rotatable bonds is 12. The predicted molar refractivity (Wildman–Crippen MR) is 163 cm³/mol. The minimum absolute atomic E-state index is 0.210. The van der Waals surface area contributed by atoms with Crippen LogP contribution in [0.4, 0.5) is 17.3 Å². The molecule has 5 rings (SSSR count). The van der Waals surface area contributed by atoms with Crippen LogP contribution in [0.25, 0.3) is 10.9 Å². The van der Waals surface area contributed by atoms with Crippen molar-refractivity contribution in [3.05, 3.63) is 71.6 Å². The maximum absolute atomic E-state index is 12.5. The summed E-state index contributed by atoms with van der Waals surface area (Å²) in [5.74, 6) is 1.92. The van der Waals surface area contributed by atoms with Crippen LogP contribution in [0, 0.1) is 0 Å². The summed E-state index contributed by atoms with van der Waals surface area (Å²) in [6.07, 6.45) is 3.99. The Morgan fingerprint density at radius 2 is 1.81 bits per heavy atom. The van der Waals surface area contributed by atoms with E-state index in [0.717, 1.165) is 51.1 Å². The Labute approximate surface area is 249 Å². The summed E-state index contributed by atoms with van der Waals surface area (Å²) in [5.41, 5.74) is 1.85. The molecule has 0 radical (unpaired) electrons. The lowest BCUT2D eigenvalue weighted by Gasteiger charge is -2.34. The number of pyridine rings is 1. The number of halogens is 1. The van der Waals surface area contributed by atoms with Crippen LogP contribution in [0.5, 0.6) is 11.5 Å². The van der Waals surface area contributed by atoms with Crippen molar-refractivity contribution in [2.75, 3.05) is 70.2 Å². The molecule has 0 aliphatic carbocycles. The molecule has 11 nitrogen and oxygen atoms in total. The normalized spacial score (nSPS) is 14.1. The van der Waals surface area contributed by atoms with Crippen LogP contribution in [0.3, 0.4) is 0 Å². The number of carbonyl (C=O) groups excluding carboxylic acids is 1. The van der Waals surface area contributed by atoms with E-state index >= 15 is 0 Å². The average Bonchev–Trinajstić information content (AvgIpc) is 3.01. The van der Waals surface area contributed by atoms with Crippen LogP contribution >= 0.6 is 11.6 Å². The minimum Gasteiger partial charge on any atom is -0.493 e. The molecule has 4 aromatic rings. The first kappa shape index (κ1) is 29.5. The first-order valence-electron chi connectivity index (χ1n) is 13.8. The van der Waals surface area contributed by atoms with E-state index in [2.05, 4.69) is 35.4 Å². The number of fused-ring (bicyclic) bond motifs is 1. The lowest BCUT2D eigenvalue weighted by molar-refractivity contribution is 0.102. The van der Waals surface area contributed by atoms with Gasteiger partial charge in [-0.15, -0.1) is 0 Å². The molecule has 0 spiro atoms. The maximum Gasteiger partial charge on any atom is 0.256 e. The molecule has 42 heavy (non-hydrogen) atoms. The number of amides is 1. The maximum atomic E-state index is 12.5. The van der Waals surface area contributed by atoms with E-state index in [1.54, 1.807) is 49.7 Å². The molecule has 2 aromatic heterocycles. The van der Waals surface area contributed by atoms with Crippen LogP contribution < -0.4 is 20.1 Å². The molecule has 3 N–H and O–H groups in total. The minimum atomic E-state index is -0.297. The molecule has 0 unspecified atom stereocenters. The summed E-state index contributed by atoms with van der Waals surface area (Å²) >= 11 is 5.99. The van der Waals surface area contributed by atoms with E-state index in [1.807, 2.05) is 12.1 Å². The number of nitrogens with one attached hydrogen (secondary N) is 2. The van der Waals surface area contributed by atoms with E-state index in [1.165, 1.54) is 6.33 Å². The van der Waals surface area contributed by atoms with Crippen molar-refractivity contribution in [1.82, 2.24) is 24.8 Å². The van der Waals surface area contributed by atoms with Crippen LogP contribution in [0.1, 0.15) is 16.8 Å². The summed E-state index contributed by atoms with van der Waals surface area (Å²) in [7, 11) is 1.61. The Balaban J connectivity index is 1.19. The number of aliphatic hydroxyl groups is 1. The molecule has 3 heterocycles. The van der Waals surface area contributed by atoms with Crippen molar-refractivity contribution in [2.24, 2.45) is 0 Å². The van der Waals surface area contributed by atoms with Crippen LogP contribution in [-0.4, -0.2) is 95.4 Å². The van der Waals surface area contributed by atoms with Gasteiger partial charge in [0.25, 0.3) is 5.91 Å². The molecule has 1 saturated heterocycles. The van der Waals surface area contributed by atoms with E-state index in [-0.39, 0.29) is 12.5 Å². The van der Waals surface area contributed by atoms with Crippen LogP contribution in [-0.2, 0) is 0 Å². The topological polar surface area (TPSA) is 125 Å². The Hall–Kier alpha value is -4.03. The van der Waals surface area contributed by atoms with Gasteiger partial charge in [0.05, 0.1) is 37.7 Å². The predicted octanol–water partition coefficient (Wildman–Crippen LogP) is 4.06. The third kappa shape index (κ3) is 7.62. The van der Waals surface area contributed by atoms with Gasteiger partial charge in [-0.2, -0.15) is 0 Å². The highest BCUT2D eigenvalue weighted by molar-refractivity contribution is 6.31. The molecule has 0 atom stereocenters. The summed E-state index contributed by atoms with van der Waals surface area (Å²) in [6.45, 7) is 6.43. The molecule has 1 amide bonds. The number of carbonyl (C=O) groups is 1. The first-order valence-corrected chi connectivity index (χ1v) is 14.2. The smallest absolute Gasteiger partial charge is 0.256 e. The molecule has 0 bridgehead atoms. The third-order valence-electron chi connectivity index (χ3n) is 7.03. The molecule has 1 fully saturated rings. The van der Waals surface area contributed by atoms with E-state index in [4.69, 9.17) is 26.2 Å². The number of ether oxygens (including phenoxy) is 2. The van der Waals surface area contributed by atoms with Crippen molar-refractivity contribution >= 4 is 45.7 Å². The molecule has 1 aliphatic rings. The van der Waals surface area contributed by atoms with Crippen molar-refractivity contribution in [3.8, 4) is 11.5 Å². The van der Waals surface area contributed by atoms with Crippen molar-refractivity contribution in [3.63, 3.8) is 0 Å². The molecular weight excluding hydrogens is 558 g/mol. The lowest BCUT2D eigenvalue weighted by atomic mass is 10.2. The number of anilines is 3. The molecule has 12 heteroatoms. The highest BCUT2D eigenvalue weighted by Crippen LogP contribution is 2.35. The number of hydrogen-bond donors (Lipinski definition) is 3. The molecule has 220 valence electrons. The van der Waals surface area contributed by atoms with Gasteiger partial charge in [-0.25, -0.2) is 15.0 Å². The zero-order valence-electron chi connectivity index (χ0n) is 23.4. The number of methoxy groups -OCH3 is 1. The summed E-state index contributed by atoms with van der Waals surface area (Å²) in [6, 6.07) is 13.9. The largest absolute Gasteiger partial charge is 0.493 e. The highest BCUT2D eigenvalue weighted by Gasteiger charge is 2.17. The molecule has 1 aliphatic heterocycles. The van der Waals surface area contributed by atoms with E-state index < -0.39 is 0 Å². The van der Waals surface area contributed by atoms with Crippen molar-refractivity contribution < 1.29 is 19.4 Å². The number of benzene rings is 2. The van der Waals surface area contributed by atoms with E-state index in [0.29, 0.717) is 51.5 Å². The Morgan fingerprint density at radius 3 is 2.52 bits per heavy atom. The molecule has 2 aromatic carbocycles. The van der Waals surface area contributed by atoms with Gasteiger partial charge in [0.2, 0.25) is 0 Å². The van der Waals surface area contributed by atoms with Gasteiger partial charge in [0.15, 0.2) is 11.5 Å². The van der Waals surface area contributed by atoms with Gasteiger partial charge in [-0.3, -0.25) is 9.69 Å². The zero-order chi connectivity index (χ0) is 29.3. The van der Waals surface area contributed by atoms with Gasteiger partial charge < -0.3 is 30.1 Å². The molecule has 0 saturated carbocycles. The lowest BCUT2D eigenvalue weighted by Crippen LogP contribution is -2.47. The fraction of sp³-hybridized carbons (Fsp3) is 0.333. The zero-order valence-corrected chi connectivity index (χ0v) is 24.2.